The van der Waals surface area contributed by atoms with E-state index in [-0.39, 0.29) is 0 Å². The third-order valence-electron chi connectivity index (χ3n) is 4.10. The van der Waals surface area contributed by atoms with Crippen molar-refractivity contribution in [2.45, 2.75) is 13.1 Å². The van der Waals surface area contributed by atoms with Gasteiger partial charge in [0.1, 0.15) is 6.33 Å². The lowest BCUT2D eigenvalue weighted by Gasteiger charge is -2.22. The van der Waals surface area contributed by atoms with Crippen LogP contribution in [0.5, 0.6) is 0 Å². The van der Waals surface area contributed by atoms with Gasteiger partial charge >= 0.3 is 0 Å². The van der Waals surface area contributed by atoms with E-state index < -0.39 is 0 Å². The minimum atomic E-state index is 0.530. The van der Waals surface area contributed by atoms with Crippen molar-refractivity contribution in [2.75, 3.05) is 14.1 Å². The molecule has 0 unspecified atom stereocenters. The molecule has 1 aromatic carbocycles. The average Bonchev–Trinajstić information content (AvgIpc) is 3.22. The molecule has 0 bridgehead atoms. The molecular formula is C18H22BrN7. The number of guanidine groups is 1. The Bertz CT molecular complexity index is 882. The van der Waals surface area contributed by atoms with E-state index in [4.69, 9.17) is 0 Å². The smallest absolute Gasteiger partial charge is 0.194 e. The third kappa shape index (κ3) is 4.13. The van der Waals surface area contributed by atoms with Gasteiger partial charge in [0.2, 0.25) is 0 Å². The van der Waals surface area contributed by atoms with Crippen LogP contribution < -0.4 is 5.32 Å². The first-order valence-corrected chi connectivity index (χ1v) is 9.04. The Balaban J connectivity index is 1.67. The predicted octanol–water partition coefficient (Wildman–Crippen LogP) is 2.58. The van der Waals surface area contributed by atoms with E-state index in [0.29, 0.717) is 6.54 Å². The van der Waals surface area contributed by atoms with E-state index in [0.717, 1.165) is 28.5 Å². The number of benzene rings is 1. The largest absolute Gasteiger partial charge is 0.352 e. The summed E-state index contributed by atoms with van der Waals surface area (Å²) in [6, 6.07) is 12.1. The number of hydrogen-bond donors (Lipinski definition) is 1. The molecule has 0 amide bonds. The van der Waals surface area contributed by atoms with Crippen LogP contribution in [-0.2, 0) is 20.1 Å². The van der Waals surface area contributed by atoms with Gasteiger partial charge in [0.15, 0.2) is 11.8 Å². The van der Waals surface area contributed by atoms with Gasteiger partial charge in [-0.15, -0.1) is 10.2 Å². The Morgan fingerprint density at radius 1 is 1.31 bits per heavy atom. The Morgan fingerprint density at radius 3 is 2.73 bits per heavy atom. The van der Waals surface area contributed by atoms with Crippen LogP contribution in [0.3, 0.4) is 0 Å². The van der Waals surface area contributed by atoms with E-state index in [1.807, 2.05) is 55.2 Å². The molecule has 0 aliphatic heterocycles. The number of nitrogens with zero attached hydrogens (tertiary/aromatic N) is 6. The van der Waals surface area contributed by atoms with Crippen LogP contribution in [0.25, 0.3) is 5.69 Å². The van der Waals surface area contributed by atoms with Crippen LogP contribution in [0.15, 0.2) is 58.4 Å². The zero-order valence-electron chi connectivity index (χ0n) is 15.1. The Kier molecular flexibility index (Phi) is 5.72. The number of halogens is 1. The summed E-state index contributed by atoms with van der Waals surface area (Å²) in [4.78, 5) is 6.45. The van der Waals surface area contributed by atoms with Crippen molar-refractivity contribution in [2.24, 2.45) is 12.0 Å². The first-order valence-electron chi connectivity index (χ1n) is 8.25. The topological polar surface area (TPSA) is 63.3 Å². The molecule has 7 nitrogen and oxygen atoms in total. The van der Waals surface area contributed by atoms with Crippen molar-refractivity contribution in [3.05, 3.63) is 64.9 Å². The maximum atomic E-state index is 4.38. The second-order valence-corrected chi connectivity index (χ2v) is 6.89. The molecule has 136 valence electrons. The van der Waals surface area contributed by atoms with Crippen LogP contribution in [0.4, 0.5) is 0 Å². The van der Waals surface area contributed by atoms with Crippen LogP contribution in [-0.4, -0.2) is 44.3 Å². The number of aryl methyl sites for hydroxylation is 1. The van der Waals surface area contributed by atoms with Gasteiger partial charge in [-0.05, 0) is 34.1 Å². The minimum absolute atomic E-state index is 0.530. The standard InChI is InChI=1S/C18H22BrN7/c1-20-18(25(3)12-16-9-14(19)11-24(16)2)21-10-17-23-22-13-26(17)15-7-5-4-6-8-15/h4-9,11,13H,10,12H2,1-3H3,(H,20,21). The summed E-state index contributed by atoms with van der Waals surface area (Å²) in [7, 11) is 5.83. The molecule has 0 radical (unpaired) electrons. The van der Waals surface area contributed by atoms with E-state index in [2.05, 4.69) is 52.0 Å². The molecule has 0 saturated carbocycles. The average molecular weight is 416 g/mol. The Labute approximate surface area is 161 Å². The lowest BCUT2D eigenvalue weighted by molar-refractivity contribution is 0.460. The van der Waals surface area contributed by atoms with Crippen molar-refractivity contribution < 1.29 is 0 Å². The van der Waals surface area contributed by atoms with E-state index in [1.54, 1.807) is 13.4 Å². The molecule has 3 aromatic rings. The number of aliphatic imine (C=N–C) groups is 1. The summed E-state index contributed by atoms with van der Waals surface area (Å²) in [5.41, 5.74) is 2.22. The highest BCUT2D eigenvalue weighted by Gasteiger charge is 2.12. The van der Waals surface area contributed by atoms with Gasteiger partial charge in [0.25, 0.3) is 0 Å². The quantitative estimate of drug-likeness (QED) is 0.513. The fourth-order valence-electron chi connectivity index (χ4n) is 2.77. The van der Waals surface area contributed by atoms with Gasteiger partial charge in [-0.2, -0.15) is 0 Å². The summed E-state index contributed by atoms with van der Waals surface area (Å²) in [5.74, 6) is 1.62. The van der Waals surface area contributed by atoms with Crippen molar-refractivity contribution in [3.63, 3.8) is 0 Å². The molecule has 1 N–H and O–H groups in total. The fourth-order valence-corrected chi connectivity index (χ4v) is 3.34. The van der Waals surface area contributed by atoms with Gasteiger partial charge in [-0.25, -0.2) is 0 Å². The van der Waals surface area contributed by atoms with Crippen LogP contribution in [0.1, 0.15) is 11.5 Å². The number of aromatic nitrogens is 4. The lowest BCUT2D eigenvalue weighted by Crippen LogP contribution is -2.38. The molecular weight excluding hydrogens is 394 g/mol. The molecule has 0 fully saturated rings. The zero-order chi connectivity index (χ0) is 18.5. The summed E-state index contributed by atoms with van der Waals surface area (Å²) in [6.45, 7) is 1.27. The van der Waals surface area contributed by atoms with Crippen molar-refractivity contribution in [3.8, 4) is 5.69 Å². The van der Waals surface area contributed by atoms with E-state index in [1.165, 1.54) is 5.69 Å². The Hall–Kier alpha value is -2.61. The number of hydrogen-bond acceptors (Lipinski definition) is 3. The monoisotopic (exact) mass is 415 g/mol. The third-order valence-corrected chi connectivity index (χ3v) is 4.54. The normalized spacial score (nSPS) is 11.6. The molecule has 0 saturated heterocycles. The first-order chi connectivity index (χ1) is 12.6. The molecule has 8 heteroatoms. The summed E-state index contributed by atoms with van der Waals surface area (Å²) < 4.78 is 5.14. The van der Waals surface area contributed by atoms with E-state index >= 15 is 0 Å². The second kappa shape index (κ2) is 8.18. The predicted molar refractivity (Wildman–Crippen MR) is 106 cm³/mol. The van der Waals surface area contributed by atoms with Gasteiger partial charge in [0, 0.05) is 43.2 Å². The molecule has 0 aliphatic rings. The second-order valence-electron chi connectivity index (χ2n) is 5.97. The maximum Gasteiger partial charge on any atom is 0.194 e. The summed E-state index contributed by atoms with van der Waals surface area (Å²) in [6.07, 6.45) is 3.77. The van der Waals surface area contributed by atoms with Gasteiger partial charge in [0.05, 0.1) is 13.1 Å². The van der Waals surface area contributed by atoms with E-state index in [9.17, 15) is 0 Å². The number of rotatable bonds is 5. The molecule has 3 rings (SSSR count). The number of para-hydroxylation sites is 1. The number of nitrogens with one attached hydrogen (secondary N) is 1. The van der Waals surface area contributed by atoms with Crippen LogP contribution in [0, 0.1) is 0 Å². The highest BCUT2D eigenvalue weighted by molar-refractivity contribution is 9.10. The fraction of sp³-hybridized carbons (Fsp3) is 0.278. The van der Waals surface area contributed by atoms with Crippen molar-refractivity contribution in [1.82, 2.24) is 29.5 Å². The van der Waals surface area contributed by atoms with Crippen LogP contribution >= 0.6 is 15.9 Å². The molecule has 0 atom stereocenters. The molecule has 2 heterocycles. The first kappa shape index (κ1) is 18.2. The molecule has 0 aliphatic carbocycles. The molecule has 2 aromatic heterocycles. The maximum absolute atomic E-state index is 4.38. The van der Waals surface area contributed by atoms with Crippen molar-refractivity contribution >= 4 is 21.9 Å². The lowest BCUT2D eigenvalue weighted by atomic mass is 10.3. The highest BCUT2D eigenvalue weighted by atomic mass is 79.9. The van der Waals surface area contributed by atoms with Gasteiger partial charge < -0.3 is 14.8 Å². The van der Waals surface area contributed by atoms with Gasteiger partial charge in [-0.1, -0.05) is 18.2 Å². The molecule has 0 spiro atoms. The van der Waals surface area contributed by atoms with Crippen LogP contribution in [0.2, 0.25) is 0 Å². The highest BCUT2D eigenvalue weighted by Crippen LogP contribution is 2.15. The summed E-state index contributed by atoms with van der Waals surface area (Å²) >= 11 is 3.51. The van der Waals surface area contributed by atoms with Crippen molar-refractivity contribution in [1.29, 1.82) is 0 Å². The molecule has 26 heavy (non-hydrogen) atoms. The zero-order valence-corrected chi connectivity index (χ0v) is 16.7. The Morgan fingerprint density at radius 2 is 2.08 bits per heavy atom. The minimum Gasteiger partial charge on any atom is -0.352 e. The summed E-state index contributed by atoms with van der Waals surface area (Å²) in [5, 5.41) is 11.6. The SMILES string of the molecule is CN=C(NCc1nncn1-c1ccccc1)N(C)Cc1cc(Br)cn1C. The van der Waals surface area contributed by atoms with Gasteiger partial charge in [-0.3, -0.25) is 9.56 Å².